The number of para-hydroxylation sites is 1. The van der Waals surface area contributed by atoms with Gasteiger partial charge in [-0.25, -0.2) is 0 Å². The van der Waals surface area contributed by atoms with Crippen LogP contribution in [0.1, 0.15) is 6.92 Å². The van der Waals surface area contributed by atoms with Crippen molar-refractivity contribution in [2.75, 3.05) is 31.1 Å². The average Bonchev–Trinajstić information content (AvgIpc) is 2.30. The normalized spacial score (nSPS) is 16.4. The van der Waals surface area contributed by atoms with E-state index in [0.29, 0.717) is 0 Å². The van der Waals surface area contributed by atoms with E-state index in [9.17, 15) is 0 Å². The maximum Gasteiger partial charge on any atom is 0.0639 e. The number of piperazine rings is 1. The second kappa shape index (κ2) is 4.79. The Morgan fingerprint density at radius 1 is 1.19 bits per heavy atom. The van der Waals surface area contributed by atoms with Crippen molar-refractivity contribution in [2.45, 2.75) is 6.92 Å². The lowest BCUT2D eigenvalue weighted by Crippen LogP contribution is -2.45. The Labute approximate surface area is 102 Å². The molecule has 0 N–H and O–H groups in total. The van der Waals surface area contributed by atoms with E-state index >= 15 is 0 Å². The maximum absolute atomic E-state index is 6.18. The number of hydrogen-bond donors (Lipinski definition) is 0. The van der Waals surface area contributed by atoms with Gasteiger partial charge in [0.15, 0.2) is 0 Å². The van der Waals surface area contributed by atoms with Crippen molar-refractivity contribution in [3.63, 3.8) is 0 Å². The molecular weight excluding hydrogens is 220 g/mol. The minimum absolute atomic E-state index is 0.839. The fourth-order valence-electron chi connectivity index (χ4n) is 2.04. The van der Waals surface area contributed by atoms with Crippen molar-refractivity contribution in [3.8, 4) is 0 Å². The molecule has 1 aromatic carbocycles. The summed E-state index contributed by atoms with van der Waals surface area (Å²) in [6, 6.07) is 8.03. The Morgan fingerprint density at radius 3 is 2.38 bits per heavy atom. The second-order valence-electron chi connectivity index (χ2n) is 4.16. The van der Waals surface area contributed by atoms with Gasteiger partial charge in [0, 0.05) is 31.9 Å². The lowest BCUT2D eigenvalue weighted by Gasteiger charge is -2.37. The zero-order chi connectivity index (χ0) is 11.5. The number of anilines is 1. The summed E-state index contributed by atoms with van der Waals surface area (Å²) in [5.41, 5.74) is 2.30. The largest absolute Gasteiger partial charge is 0.372 e. The summed E-state index contributed by atoms with van der Waals surface area (Å²) in [4.78, 5) is 4.65. The van der Waals surface area contributed by atoms with E-state index in [1.165, 1.54) is 0 Å². The lowest BCUT2D eigenvalue weighted by molar-refractivity contribution is 0.323. The second-order valence-corrected chi connectivity index (χ2v) is 4.57. The molecule has 0 spiro atoms. The Balaban J connectivity index is 2.05. The van der Waals surface area contributed by atoms with Crippen molar-refractivity contribution in [2.24, 2.45) is 0 Å². The predicted molar refractivity (Wildman–Crippen MR) is 70.1 cm³/mol. The van der Waals surface area contributed by atoms with Gasteiger partial charge in [-0.15, -0.1) is 0 Å². The first-order valence-electron chi connectivity index (χ1n) is 5.58. The number of hydrogen-bond acceptors (Lipinski definition) is 2. The molecule has 0 unspecified atom stereocenters. The summed E-state index contributed by atoms with van der Waals surface area (Å²) >= 11 is 6.18. The highest BCUT2D eigenvalue weighted by Crippen LogP contribution is 2.26. The minimum Gasteiger partial charge on any atom is -0.372 e. The van der Waals surface area contributed by atoms with Crippen molar-refractivity contribution in [3.05, 3.63) is 41.6 Å². The van der Waals surface area contributed by atoms with Gasteiger partial charge in [0.1, 0.15) is 0 Å². The van der Waals surface area contributed by atoms with Crippen LogP contribution in [-0.2, 0) is 0 Å². The van der Waals surface area contributed by atoms with E-state index in [-0.39, 0.29) is 0 Å². The van der Waals surface area contributed by atoms with Gasteiger partial charge in [-0.1, -0.05) is 30.3 Å². The molecule has 1 aliphatic rings. The molecule has 16 heavy (non-hydrogen) atoms. The van der Waals surface area contributed by atoms with Gasteiger partial charge in [0.05, 0.1) is 10.7 Å². The van der Waals surface area contributed by atoms with E-state index in [1.54, 1.807) is 0 Å². The fraction of sp³-hybridized carbons (Fsp3) is 0.385. The number of nitrogens with zero attached hydrogens (tertiary/aromatic N) is 2. The summed E-state index contributed by atoms with van der Waals surface area (Å²) in [7, 11) is 0. The van der Waals surface area contributed by atoms with Gasteiger partial charge in [0.25, 0.3) is 0 Å². The van der Waals surface area contributed by atoms with Crippen LogP contribution in [0.2, 0.25) is 5.02 Å². The van der Waals surface area contributed by atoms with Crippen LogP contribution >= 0.6 is 11.6 Å². The van der Waals surface area contributed by atoms with E-state index < -0.39 is 0 Å². The molecule has 86 valence electrons. The number of benzene rings is 1. The van der Waals surface area contributed by atoms with Gasteiger partial charge in [-0.2, -0.15) is 0 Å². The molecule has 0 atom stereocenters. The van der Waals surface area contributed by atoms with Crippen LogP contribution in [0.25, 0.3) is 0 Å². The number of halogens is 1. The third-order valence-corrected chi connectivity index (χ3v) is 3.33. The van der Waals surface area contributed by atoms with Crippen LogP contribution in [-0.4, -0.2) is 31.1 Å². The first-order chi connectivity index (χ1) is 7.68. The molecule has 0 aromatic heterocycles. The van der Waals surface area contributed by atoms with E-state index in [0.717, 1.165) is 42.6 Å². The molecule has 0 amide bonds. The number of rotatable bonds is 2. The number of allylic oxidation sites excluding steroid dienone is 1. The highest BCUT2D eigenvalue weighted by molar-refractivity contribution is 6.33. The molecule has 1 saturated heterocycles. The summed E-state index contributed by atoms with van der Waals surface area (Å²) in [5, 5.41) is 0.839. The first-order valence-corrected chi connectivity index (χ1v) is 5.96. The lowest BCUT2D eigenvalue weighted by atomic mass is 10.2. The highest BCUT2D eigenvalue weighted by atomic mass is 35.5. The third kappa shape index (κ3) is 2.33. The zero-order valence-electron chi connectivity index (χ0n) is 9.62. The van der Waals surface area contributed by atoms with Gasteiger partial charge in [0.2, 0.25) is 0 Å². The monoisotopic (exact) mass is 236 g/mol. The average molecular weight is 237 g/mol. The maximum atomic E-state index is 6.18. The Kier molecular flexibility index (Phi) is 3.39. The van der Waals surface area contributed by atoms with Crippen molar-refractivity contribution < 1.29 is 0 Å². The molecule has 2 rings (SSSR count). The van der Waals surface area contributed by atoms with Crippen LogP contribution in [0, 0.1) is 0 Å². The highest BCUT2D eigenvalue weighted by Gasteiger charge is 2.17. The molecule has 2 nitrogen and oxygen atoms in total. The standard InChI is InChI=1S/C13H17ClN2/c1-11(2)15-7-9-16(10-8-15)13-6-4-3-5-12(13)14/h3-6H,1,7-10H2,2H3. The molecule has 0 bridgehead atoms. The van der Waals surface area contributed by atoms with E-state index in [2.05, 4.69) is 29.4 Å². The van der Waals surface area contributed by atoms with Gasteiger partial charge >= 0.3 is 0 Å². The van der Waals surface area contributed by atoms with Crippen LogP contribution in [0.5, 0.6) is 0 Å². The molecule has 1 fully saturated rings. The first kappa shape index (κ1) is 11.3. The molecule has 1 aromatic rings. The molecule has 0 saturated carbocycles. The minimum atomic E-state index is 0.839. The molecule has 1 aliphatic heterocycles. The van der Waals surface area contributed by atoms with E-state index in [4.69, 9.17) is 11.6 Å². The SMILES string of the molecule is C=C(C)N1CCN(c2ccccc2Cl)CC1. The molecule has 3 heteroatoms. The fourth-order valence-corrected chi connectivity index (χ4v) is 2.29. The summed E-state index contributed by atoms with van der Waals surface area (Å²) in [6.45, 7) is 10.1. The molecule has 0 radical (unpaired) electrons. The third-order valence-electron chi connectivity index (χ3n) is 3.01. The summed E-state index contributed by atoms with van der Waals surface area (Å²) in [5.74, 6) is 0. The van der Waals surface area contributed by atoms with Crippen molar-refractivity contribution in [1.29, 1.82) is 0 Å². The van der Waals surface area contributed by atoms with Gasteiger partial charge in [-0.05, 0) is 19.1 Å². The predicted octanol–water partition coefficient (Wildman–Crippen LogP) is 3.00. The Bertz CT molecular complexity index is 381. The quantitative estimate of drug-likeness (QED) is 0.779. The zero-order valence-corrected chi connectivity index (χ0v) is 10.4. The van der Waals surface area contributed by atoms with Crippen molar-refractivity contribution in [1.82, 2.24) is 4.90 Å². The van der Waals surface area contributed by atoms with E-state index in [1.807, 2.05) is 18.2 Å². The van der Waals surface area contributed by atoms with Crippen LogP contribution in [0.15, 0.2) is 36.5 Å². The smallest absolute Gasteiger partial charge is 0.0639 e. The van der Waals surface area contributed by atoms with Crippen LogP contribution in [0.3, 0.4) is 0 Å². The van der Waals surface area contributed by atoms with Crippen molar-refractivity contribution >= 4 is 17.3 Å². The summed E-state index contributed by atoms with van der Waals surface area (Å²) in [6.07, 6.45) is 0. The molecular formula is C13H17ClN2. The van der Waals surface area contributed by atoms with Crippen LogP contribution in [0.4, 0.5) is 5.69 Å². The summed E-state index contributed by atoms with van der Waals surface area (Å²) < 4.78 is 0. The molecule has 1 heterocycles. The Hall–Kier alpha value is -1.15. The van der Waals surface area contributed by atoms with Gasteiger partial charge in [-0.3, -0.25) is 0 Å². The molecule has 0 aliphatic carbocycles. The van der Waals surface area contributed by atoms with Gasteiger partial charge < -0.3 is 9.80 Å². The Morgan fingerprint density at radius 2 is 1.81 bits per heavy atom. The van der Waals surface area contributed by atoms with Crippen LogP contribution < -0.4 is 4.90 Å². The topological polar surface area (TPSA) is 6.48 Å².